The van der Waals surface area contributed by atoms with Crippen LogP contribution in [0.1, 0.15) is 26.7 Å². The Morgan fingerprint density at radius 1 is 1.58 bits per heavy atom. The molecule has 1 aliphatic heterocycles. The van der Waals surface area contributed by atoms with Crippen molar-refractivity contribution >= 4 is 17.3 Å². The third-order valence-corrected chi connectivity index (χ3v) is 4.18. The Labute approximate surface area is 118 Å². The fourth-order valence-corrected chi connectivity index (χ4v) is 2.93. The third kappa shape index (κ3) is 2.77. The summed E-state index contributed by atoms with van der Waals surface area (Å²) in [5, 5.41) is 4.41. The molecule has 2 N–H and O–H groups in total. The van der Waals surface area contributed by atoms with Crippen LogP contribution in [-0.4, -0.2) is 28.9 Å². The van der Waals surface area contributed by atoms with Gasteiger partial charge in [0.1, 0.15) is 5.02 Å². The van der Waals surface area contributed by atoms with Crippen LogP contribution in [0.3, 0.4) is 0 Å². The van der Waals surface area contributed by atoms with Gasteiger partial charge in [-0.1, -0.05) is 18.5 Å². The summed E-state index contributed by atoms with van der Waals surface area (Å²) in [6.07, 6.45) is 3.80. The standard InChI is InChI=1S/C13H21ClN4O/c1-3-18-13(19)12(14)11(8-16-18)17-5-4-9(2)6-10(17)7-15/h8-10H,3-7,15H2,1-2H3. The van der Waals surface area contributed by atoms with Gasteiger partial charge in [0.2, 0.25) is 0 Å². The van der Waals surface area contributed by atoms with E-state index >= 15 is 0 Å². The number of aryl methyl sites for hydroxylation is 1. The van der Waals surface area contributed by atoms with Gasteiger partial charge in [0.25, 0.3) is 5.56 Å². The molecule has 2 rings (SSSR count). The molecule has 106 valence electrons. The molecule has 0 bridgehead atoms. The molecule has 2 heterocycles. The average Bonchev–Trinajstić information content (AvgIpc) is 2.42. The molecule has 5 nitrogen and oxygen atoms in total. The number of nitrogens with two attached hydrogens (primary N) is 1. The summed E-state index contributed by atoms with van der Waals surface area (Å²) < 4.78 is 1.37. The maximum Gasteiger partial charge on any atom is 0.287 e. The molecule has 1 saturated heterocycles. The Balaban J connectivity index is 2.36. The number of halogens is 1. The van der Waals surface area contributed by atoms with Crippen molar-refractivity contribution < 1.29 is 0 Å². The number of piperidine rings is 1. The highest BCUT2D eigenvalue weighted by Gasteiger charge is 2.27. The summed E-state index contributed by atoms with van der Waals surface area (Å²) in [5.41, 5.74) is 6.34. The molecule has 0 spiro atoms. The minimum absolute atomic E-state index is 0.226. The topological polar surface area (TPSA) is 64.2 Å². The molecule has 1 aliphatic rings. The Bertz CT molecular complexity index is 502. The number of hydrogen-bond acceptors (Lipinski definition) is 4. The van der Waals surface area contributed by atoms with Crippen molar-refractivity contribution in [3.63, 3.8) is 0 Å². The van der Waals surface area contributed by atoms with Gasteiger partial charge in [0.15, 0.2) is 0 Å². The first-order valence-electron chi connectivity index (χ1n) is 6.80. The van der Waals surface area contributed by atoms with Crippen molar-refractivity contribution in [3.05, 3.63) is 21.6 Å². The lowest BCUT2D eigenvalue weighted by molar-refractivity contribution is 0.366. The zero-order chi connectivity index (χ0) is 14.0. The highest BCUT2D eigenvalue weighted by Crippen LogP contribution is 2.30. The molecule has 0 amide bonds. The number of hydrogen-bond donors (Lipinski definition) is 1. The minimum atomic E-state index is -0.226. The van der Waals surface area contributed by atoms with E-state index in [4.69, 9.17) is 17.3 Å². The molecule has 0 aromatic carbocycles. The van der Waals surface area contributed by atoms with Crippen LogP contribution < -0.4 is 16.2 Å². The summed E-state index contributed by atoms with van der Waals surface area (Å²) >= 11 is 6.21. The second-order valence-electron chi connectivity index (χ2n) is 5.18. The molecule has 2 atom stereocenters. The second kappa shape index (κ2) is 5.92. The highest BCUT2D eigenvalue weighted by atomic mass is 35.5. The third-order valence-electron chi connectivity index (χ3n) is 3.83. The predicted octanol–water partition coefficient (Wildman–Crippen LogP) is 1.48. The summed E-state index contributed by atoms with van der Waals surface area (Å²) in [6, 6.07) is 0.236. The minimum Gasteiger partial charge on any atom is -0.365 e. The van der Waals surface area contributed by atoms with Crippen LogP contribution in [-0.2, 0) is 6.54 Å². The summed E-state index contributed by atoms with van der Waals surface area (Å²) in [7, 11) is 0. The van der Waals surface area contributed by atoms with Gasteiger partial charge in [-0.3, -0.25) is 4.79 Å². The van der Waals surface area contributed by atoms with Crippen molar-refractivity contribution in [1.82, 2.24) is 9.78 Å². The smallest absolute Gasteiger partial charge is 0.287 e. The Hall–Kier alpha value is -1.07. The number of rotatable bonds is 3. The number of aromatic nitrogens is 2. The van der Waals surface area contributed by atoms with Gasteiger partial charge in [-0.15, -0.1) is 0 Å². The van der Waals surface area contributed by atoms with E-state index in [1.807, 2.05) is 6.92 Å². The molecular formula is C13H21ClN4O. The average molecular weight is 285 g/mol. The van der Waals surface area contributed by atoms with Gasteiger partial charge in [-0.2, -0.15) is 5.10 Å². The number of anilines is 1. The molecule has 0 aliphatic carbocycles. The van der Waals surface area contributed by atoms with Crippen LogP contribution in [0.25, 0.3) is 0 Å². The Morgan fingerprint density at radius 2 is 2.32 bits per heavy atom. The summed E-state index contributed by atoms with van der Waals surface area (Å²) in [6.45, 7) is 6.07. The lowest BCUT2D eigenvalue weighted by Gasteiger charge is -2.39. The Kier molecular flexibility index (Phi) is 4.47. The maximum absolute atomic E-state index is 12.0. The Morgan fingerprint density at radius 3 is 2.95 bits per heavy atom. The van der Waals surface area contributed by atoms with E-state index in [9.17, 15) is 4.79 Å². The number of nitrogens with zero attached hydrogens (tertiary/aromatic N) is 3. The lowest BCUT2D eigenvalue weighted by atomic mass is 9.92. The van der Waals surface area contributed by atoms with E-state index in [2.05, 4.69) is 16.9 Å². The van der Waals surface area contributed by atoms with Crippen molar-refractivity contribution in [2.45, 2.75) is 39.3 Å². The molecule has 19 heavy (non-hydrogen) atoms. The fraction of sp³-hybridized carbons (Fsp3) is 0.692. The first-order valence-corrected chi connectivity index (χ1v) is 7.18. The van der Waals surface area contributed by atoms with Crippen LogP contribution in [0.5, 0.6) is 0 Å². The van der Waals surface area contributed by atoms with Crippen LogP contribution in [0.2, 0.25) is 5.02 Å². The van der Waals surface area contributed by atoms with Crippen LogP contribution in [0, 0.1) is 5.92 Å². The maximum atomic E-state index is 12.0. The fourth-order valence-electron chi connectivity index (χ4n) is 2.67. The predicted molar refractivity (Wildman–Crippen MR) is 77.8 cm³/mol. The van der Waals surface area contributed by atoms with Gasteiger partial charge in [-0.25, -0.2) is 4.68 Å². The first-order chi connectivity index (χ1) is 9.08. The van der Waals surface area contributed by atoms with Gasteiger partial charge >= 0.3 is 0 Å². The van der Waals surface area contributed by atoms with Crippen LogP contribution in [0.15, 0.2) is 11.0 Å². The molecule has 6 heteroatoms. The zero-order valence-electron chi connectivity index (χ0n) is 11.5. The van der Waals surface area contributed by atoms with E-state index in [0.717, 1.165) is 25.1 Å². The van der Waals surface area contributed by atoms with E-state index in [-0.39, 0.29) is 16.6 Å². The summed E-state index contributed by atoms with van der Waals surface area (Å²) in [5.74, 6) is 0.660. The van der Waals surface area contributed by atoms with Gasteiger partial charge in [0.05, 0.1) is 11.9 Å². The molecule has 2 unspecified atom stereocenters. The molecular weight excluding hydrogens is 264 g/mol. The van der Waals surface area contributed by atoms with Crippen molar-refractivity contribution in [2.24, 2.45) is 11.7 Å². The molecule has 0 radical (unpaired) electrons. The lowest BCUT2D eigenvalue weighted by Crippen LogP contribution is -2.47. The quantitative estimate of drug-likeness (QED) is 0.913. The van der Waals surface area contributed by atoms with Gasteiger partial charge in [0, 0.05) is 25.7 Å². The van der Waals surface area contributed by atoms with E-state index < -0.39 is 0 Å². The van der Waals surface area contributed by atoms with Gasteiger partial charge < -0.3 is 10.6 Å². The summed E-state index contributed by atoms with van der Waals surface area (Å²) in [4.78, 5) is 14.2. The molecule has 1 aromatic rings. The first kappa shape index (κ1) is 14.3. The SMILES string of the molecule is CCn1ncc(N2CCC(C)CC2CN)c(Cl)c1=O. The second-order valence-corrected chi connectivity index (χ2v) is 5.56. The molecule has 0 saturated carbocycles. The zero-order valence-corrected chi connectivity index (χ0v) is 12.2. The van der Waals surface area contributed by atoms with Crippen molar-refractivity contribution in [1.29, 1.82) is 0 Å². The van der Waals surface area contributed by atoms with E-state index in [1.165, 1.54) is 4.68 Å². The normalized spacial score (nSPS) is 23.7. The van der Waals surface area contributed by atoms with Crippen molar-refractivity contribution in [2.75, 3.05) is 18.0 Å². The van der Waals surface area contributed by atoms with Crippen LogP contribution in [0.4, 0.5) is 5.69 Å². The van der Waals surface area contributed by atoms with E-state index in [0.29, 0.717) is 19.0 Å². The molecule has 1 aromatic heterocycles. The van der Waals surface area contributed by atoms with E-state index in [1.54, 1.807) is 6.20 Å². The van der Waals surface area contributed by atoms with Crippen LogP contribution >= 0.6 is 11.6 Å². The highest BCUT2D eigenvalue weighted by molar-refractivity contribution is 6.33. The van der Waals surface area contributed by atoms with Gasteiger partial charge in [-0.05, 0) is 25.7 Å². The molecule has 1 fully saturated rings. The monoisotopic (exact) mass is 284 g/mol. The van der Waals surface area contributed by atoms with Crippen molar-refractivity contribution in [3.8, 4) is 0 Å². The largest absolute Gasteiger partial charge is 0.365 e.